The van der Waals surface area contributed by atoms with Gasteiger partial charge in [0.15, 0.2) is 0 Å². The Bertz CT molecular complexity index is 528. The average Bonchev–Trinajstić information content (AvgIpc) is 2.60. The molecule has 0 aromatic heterocycles. The van der Waals surface area contributed by atoms with Gasteiger partial charge in [0.2, 0.25) is 0 Å². The summed E-state index contributed by atoms with van der Waals surface area (Å²) in [4.78, 5) is 20.6. The Labute approximate surface area is 148 Å². The molecule has 2 N–H and O–H groups in total. The second-order valence-electron chi connectivity index (χ2n) is 5.99. The van der Waals surface area contributed by atoms with Gasteiger partial charge in [-0.3, -0.25) is 4.90 Å². The van der Waals surface area contributed by atoms with E-state index in [-0.39, 0.29) is 0 Å². The van der Waals surface area contributed by atoms with E-state index in [9.17, 15) is 0 Å². The second-order valence-corrected chi connectivity index (χ2v) is 5.99. The van der Waals surface area contributed by atoms with Crippen molar-refractivity contribution in [2.75, 3.05) is 39.5 Å². The number of hydrogen-bond acceptors (Lipinski definition) is 5. The van der Waals surface area contributed by atoms with Crippen LogP contribution in [0.25, 0.3) is 0 Å². The smallest absolute Gasteiger partial charge is 0.414 e. The molecular weight excluding hydrogens is 326 g/mol. The summed E-state index contributed by atoms with van der Waals surface area (Å²) in [6, 6.07) is 8.43. The van der Waals surface area contributed by atoms with Crippen molar-refractivity contribution >= 4 is 11.9 Å². The molecule has 0 amide bonds. The topological polar surface area (TPSA) is 96.3 Å². The molecule has 140 valence electrons. The number of carboxylic acid groups (broad SMARTS) is 2. The lowest BCUT2D eigenvalue weighted by Gasteiger charge is -2.26. The number of carboxylic acids is 2. The molecule has 0 bridgehead atoms. The van der Waals surface area contributed by atoms with Crippen LogP contribution in [-0.2, 0) is 14.3 Å². The number of carbonyl (C=O) groups is 2. The highest BCUT2D eigenvalue weighted by Crippen LogP contribution is 2.20. The molecule has 1 fully saturated rings. The van der Waals surface area contributed by atoms with Crippen molar-refractivity contribution in [3.8, 4) is 5.75 Å². The molecule has 1 saturated heterocycles. The molecule has 25 heavy (non-hydrogen) atoms. The lowest BCUT2D eigenvalue weighted by molar-refractivity contribution is -0.159. The highest BCUT2D eigenvalue weighted by molar-refractivity contribution is 6.27. The minimum atomic E-state index is -1.82. The van der Waals surface area contributed by atoms with Crippen molar-refractivity contribution < 1.29 is 29.3 Å². The highest BCUT2D eigenvalue weighted by atomic mass is 16.5. The third-order valence-corrected chi connectivity index (χ3v) is 3.70. The molecule has 7 heteroatoms. The van der Waals surface area contributed by atoms with Gasteiger partial charge in [0, 0.05) is 19.6 Å². The van der Waals surface area contributed by atoms with Crippen molar-refractivity contribution in [3.05, 3.63) is 29.8 Å². The van der Waals surface area contributed by atoms with Crippen LogP contribution in [0.5, 0.6) is 5.75 Å². The van der Waals surface area contributed by atoms with Crippen LogP contribution >= 0.6 is 0 Å². The number of aliphatic carboxylic acids is 2. The van der Waals surface area contributed by atoms with Gasteiger partial charge in [-0.25, -0.2) is 9.59 Å². The zero-order valence-electron chi connectivity index (χ0n) is 14.8. The van der Waals surface area contributed by atoms with Gasteiger partial charge in [-0.1, -0.05) is 26.0 Å². The van der Waals surface area contributed by atoms with Gasteiger partial charge in [0.05, 0.1) is 19.8 Å². The number of benzene rings is 1. The number of nitrogens with zero attached hydrogens (tertiary/aromatic N) is 1. The zero-order chi connectivity index (χ0) is 18.7. The molecule has 0 spiro atoms. The molecule has 1 aromatic rings. The summed E-state index contributed by atoms with van der Waals surface area (Å²) in [5.41, 5.74) is 1.34. The van der Waals surface area contributed by atoms with Gasteiger partial charge in [0.1, 0.15) is 5.75 Å². The summed E-state index contributed by atoms with van der Waals surface area (Å²) in [6.07, 6.45) is 1.08. The first kappa shape index (κ1) is 20.9. The molecule has 0 radical (unpaired) electrons. The van der Waals surface area contributed by atoms with Crippen molar-refractivity contribution in [1.82, 2.24) is 4.90 Å². The lowest BCUT2D eigenvalue weighted by Crippen LogP contribution is -2.37. The summed E-state index contributed by atoms with van der Waals surface area (Å²) in [7, 11) is 0. The molecular formula is C18H27NO6. The van der Waals surface area contributed by atoms with E-state index in [1.807, 2.05) is 6.07 Å². The summed E-state index contributed by atoms with van der Waals surface area (Å²) in [6.45, 7) is 10.2. The largest absolute Gasteiger partial charge is 0.494 e. The van der Waals surface area contributed by atoms with Crippen LogP contribution < -0.4 is 4.74 Å². The maximum absolute atomic E-state index is 9.10. The highest BCUT2D eigenvalue weighted by Gasteiger charge is 2.09. The molecule has 2 rings (SSSR count). The van der Waals surface area contributed by atoms with Crippen LogP contribution in [0.15, 0.2) is 24.3 Å². The van der Waals surface area contributed by atoms with Gasteiger partial charge >= 0.3 is 11.9 Å². The molecule has 0 unspecified atom stereocenters. The van der Waals surface area contributed by atoms with E-state index < -0.39 is 11.9 Å². The minimum Gasteiger partial charge on any atom is -0.494 e. The standard InChI is InChI=1S/C16H25NO2.C2H2O4/c1-14(2)15-5-3-6-16(13-15)19-10-4-7-17-8-11-18-12-9-17;3-1(4)2(5)6/h3,5-6,13-14H,4,7-12H2,1-2H3;(H,3,4)(H,5,6). The van der Waals surface area contributed by atoms with Crippen LogP contribution in [0.2, 0.25) is 0 Å². The molecule has 1 aliphatic heterocycles. The fourth-order valence-electron chi connectivity index (χ4n) is 2.27. The van der Waals surface area contributed by atoms with E-state index in [1.54, 1.807) is 0 Å². The third-order valence-electron chi connectivity index (χ3n) is 3.70. The Morgan fingerprint density at radius 1 is 1.20 bits per heavy atom. The number of hydrogen-bond donors (Lipinski definition) is 2. The summed E-state index contributed by atoms with van der Waals surface area (Å²) < 4.78 is 11.2. The van der Waals surface area contributed by atoms with Crippen LogP contribution in [-0.4, -0.2) is 66.5 Å². The van der Waals surface area contributed by atoms with Crippen molar-refractivity contribution in [3.63, 3.8) is 0 Å². The third kappa shape index (κ3) is 9.07. The minimum absolute atomic E-state index is 0.553. The van der Waals surface area contributed by atoms with Crippen molar-refractivity contribution in [2.45, 2.75) is 26.2 Å². The maximum Gasteiger partial charge on any atom is 0.414 e. The van der Waals surface area contributed by atoms with Gasteiger partial charge in [-0.05, 0) is 30.0 Å². The van der Waals surface area contributed by atoms with E-state index >= 15 is 0 Å². The van der Waals surface area contributed by atoms with Crippen molar-refractivity contribution in [1.29, 1.82) is 0 Å². The Balaban J connectivity index is 0.000000450. The second kappa shape index (κ2) is 11.4. The SMILES string of the molecule is CC(C)c1cccc(OCCCN2CCOCC2)c1.O=C(O)C(=O)O. The number of rotatable bonds is 6. The Kier molecular flexibility index (Phi) is 9.57. The molecule has 1 aliphatic rings. The van der Waals surface area contributed by atoms with Gasteiger partial charge < -0.3 is 19.7 Å². The van der Waals surface area contributed by atoms with E-state index in [4.69, 9.17) is 29.3 Å². The number of ether oxygens (including phenoxy) is 2. The normalized spacial score (nSPS) is 14.5. The Morgan fingerprint density at radius 2 is 1.84 bits per heavy atom. The maximum atomic E-state index is 9.10. The van der Waals surface area contributed by atoms with E-state index in [1.165, 1.54) is 5.56 Å². The van der Waals surface area contributed by atoms with Crippen LogP contribution in [0, 0.1) is 0 Å². The van der Waals surface area contributed by atoms with Crippen LogP contribution in [0.4, 0.5) is 0 Å². The molecule has 0 aliphatic carbocycles. The van der Waals surface area contributed by atoms with Gasteiger partial charge in [-0.2, -0.15) is 0 Å². The van der Waals surface area contributed by atoms with Gasteiger partial charge in [0.25, 0.3) is 0 Å². The first-order valence-electron chi connectivity index (χ1n) is 8.39. The molecule has 0 saturated carbocycles. The van der Waals surface area contributed by atoms with Crippen LogP contribution in [0.3, 0.4) is 0 Å². The van der Waals surface area contributed by atoms with Crippen LogP contribution in [0.1, 0.15) is 31.7 Å². The van der Waals surface area contributed by atoms with E-state index in [0.717, 1.165) is 51.6 Å². The quantitative estimate of drug-likeness (QED) is 0.597. The molecule has 1 aromatic carbocycles. The molecule has 7 nitrogen and oxygen atoms in total. The molecule has 1 heterocycles. The summed E-state index contributed by atoms with van der Waals surface area (Å²) in [5, 5.41) is 14.8. The lowest BCUT2D eigenvalue weighted by atomic mass is 10.0. The van der Waals surface area contributed by atoms with E-state index in [2.05, 4.69) is 36.9 Å². The summed E-state index contributed by atoms with van der Waals surface area (Å²) >= 11 is 0. The number of morpholine rings is 1. The fraction of sp³-hybridized carbons (Fsp3) is 0.556. The predicted octanol–water partition coefficient (Wildman–Crippen LogP) is 2.07. The fourth-order valence-corrected chi connectivity index (χ4v) is 2.27. The summed E-state index contributed by atoms with van der Waals surface area (Å²) in [5.74, 6) is -2.10. The average molecular weight is 353 g/mol. The van der Waals surface area contributed by atoms with Crippen molar-refractivity contribution in [2.24, 2.45) is 0 Å². The van der Waals surface area contributed by atoms with E-state index in [0.29, 0.717) is 5.92 Å². The Hall–Kier alpha value is -2.12. The monoisotopic (exact) mass is 353 g/mol. The molecule has 0 atom stereocenters. The Morgan fingerprint density at radius 3 is 2.40 bits per heavy atom. The predicted molar refractivity (Wildman–Crippen MR) is 93.2 cm³/mol. The van der Waals surface area contributed by atoms with Gasteiger partial charge in [-0.15, -0.1) is 0 Å². The first-order valence-corrected chi connectivity index (χ1v) is 8.39. The first-order chi connectivity index (χ1) is 11.9. The zero-order valence-corrected chi connectivity index (χ0v) is 14.8.